The number of esters is 1. The minimum Gasteiger partial charge on any atom is -0.511 e. The molecule has 2 unspecified atom stereocenters. The summed E-state index contributed by atoms with van der Waals surface area (Å²) in [5.41, 5.74) is 5.57. The van der Waals surface area contributed by atoms with Gasteiger partial charge in [-0.05, 0) is 48.2 Å². The fraction of sp³-hybridized carbons (Fsp3) is 0.258. The van der Waals surface area contributed by atoms with Crippen LogP contribution in [-0.2, 0) is 16.0 Å². The number of aliphatic hydroxyl groups is 1. The number of terminal acetylenes is 1. The van der Waals surface area contributed by atoms with Crippen LogP contribution in [0, 0.1) is 25.2 Å². The van der Waals surface area contributed by atoms with Gasteiger partial charge >= 0.3 is 5.97 Å². The second-order valence-corrected chi connectivity index (χ2v) is 10.1. The van der Waals surface area contributed by atoms with Crippen molar-refractivity contribution in [3.05, 3.63) is 94.7 Å². The highest BCUT2D eigenvalue weighted by atomic mass is 32.2. The van der Waals surface area contributed by atoms with Gasteiger partial charge in [0.1, 0.15) is 17.4 Å². The number of hydrogen-bond acceptors (Lipinski definition) is 4. The summed E-state index contributed by atoms with van der Waals surface area (Å²) in [6.45, 7) is 6.14. The molecule has 0 bridgehead atoms. The lowest BCUT2D eigenvalue weighted by molar-refractivity contribution is -0.145. The van der Waals surface area contributed by atoms with Gasteiger partial charge in [-0.25, -0.2) is 4.79 Å². The van der Waals surface area contributed by atoms with E-state index in [4.69, 9.17) is 11.2 Å². The fourth-order valence-electron chi connectivity index (χ4n) is 4.37. The lowest BCUT2D eigenvalue weighted by atomic mass is 9.86. The van der Waals surface area contributed by atoms with Gasteiger partial charge in [0.25, 0.3) is 0 Å². The zero-order valence-electron chi connectivity index (χ0n) is 20.4. The van der Waals surface area contributed by atoms with Crippen LogP contribution >= 0.6 is 11.8 Å². The zero-order valence-corrected chi connectivity index (χ0v) is 21.2. The van der Waals surface area contributed by atoms with Gasteiger partial charge in [0.2, 0.25) is 0 Å². The third-order valence-electron chi connectivity index (χ3n) is 6.43. The number of aryl methyl sites for hydroxylation is 2. The van der Waals surface area contributed by atoms with E-state index >= 15 is 0 Å². The average molecular weight is 483 g/mol. The second kappa shape index (κ2) is 10.9. The number of ether oxygens (including phenoxy) is 1. The van der Waals surface area contributed by atoms with E-state index in [0.717, 1.165) is 22.4 Å². The molecule has 0 saturated carbocycles. The van der Waals surface area contributed by atoms with Crippen molar-refractivity contribution in [1.82, 2.24) is 0 Å². The van der Waals surface area contributed by atoms with E-state index in [9.17, 15) is 9.90 Å². The Morgan fingerprint density at radius 1 is 1.11 bits per heavy atom. The summed E-state index contributed by atoms with van der Waals surface area (Å²) in [6, 6.07) is 22.3. The predicted molar refractivity (Wildman–Crippen MR) is 144 cm³/mol. The summed E-state index contributed by atoms with van der Waals surface area (Å²) >= 11 is 1.73. The van der Waals surface area contributed by atoms with Gasteiger partial charge in [-0.3, -0.25) is 0 Å². The van der Waals surface area contributed by atoms with Crippen LogP contribution in [0.3, 0.4) is 0 Å². The first-order valence-corrected chi connectivity index (χ1v) is 12.9. The lowest BCUT2D eigenvalue weighted by Gasteiger charge is -2.30. The Labute approximate surface area is 212 Å². The Morgan fingerprint density at radius 2 is 1.83 bits per heavy atom. The minimum atomic E-state index is -0.510. The van der Waals surface area contributed by atoms with Crippen molar-refractivity contribution in [2.24, 2.45) is 5.92 Å². The number of hydrogen-bond donors (Lipinski definition) is 1. The molecule has 0 spiro atoms. The largest absolute Gasteiger partial charge is 0.511 e. The quantitative estimate of drug-likeness (QED) is 0.219. The van der Waals surface area contributed by atoms with Gasteiger partial charge < -0.3 is 9.84 Å². The number of cyclic esters (lactones) is 1. The number of carbonyl (C=O) groups excluding carboxylic acids is 1. The molecule has 0 aromatic heterocycles. The third kappa shape index (κ3) is 5.47. The van der Waals surface area contributed by atoms with E-state index in [-0.39, 0.29) is 29.8 Å². The summed E-state index contributed by atoms with van der Waals surface area (Å²) in [5, 5.41) is 11.1. The molecule has 178 valence electrons. The molecule has 1 aliphatic heterocycles. The number of carbonyl (C=O) groups is 1. The van der Waals surface area contributed by atoms with Gasteiger partial charge in [0.05, 0.1) is 0 Å². The minimum absolute atomic E-state index is 0.0529. The first kappa shape index (κ1) is 24.7. The van der Waals surface area contributed by atoms with Crippen LogP contribution in [0.25, 0.3) is 16.7 Å². The Morgan fingerprint density at radius 3 is 2.46 bits per heavy atom. The molecule has 3 aromatic rings. The molecule has 4 heteroatoms. The smallest absolute Gasteiger partial charge is 0.342 e. The summed E-state index contributed by atoms with van der Waals surface area (Å²) in [4.78, 5) is 14.4. The van der Waals surface area contributed by atoms with Crippen molar-refractivity contribution >= 4 is 23.3 Å². The first-order chi connectivity index (χ1) is 16.9. The molecule has 0 amide bonds. The van der Waals surface area contributed by atoms with Crippen LogP contribution in [0.4, 0.5) is 0 Å². The molecule has 1 N–H and O–H groups in total. The molecule has 4 rings (SSSR count). The highest BCUT2D eigenvalue weighted by Crippen LogP contribution is 2.37. The van der Waals surface area contributed by atoms with Crippen molar-refractivity contribution in [2.75, 3.05) is 5.75 Å². The van der Waals surface area contributed by atoms with Gasteiger partial charge in [0.15, 0.2) is 0 Å². The standard InChI is InChI=1S/C31H30O3S/c1-5-22-16-25(24-10-8-7-9-11-24)17-23(6-2)29(22)30-27(32)18-28(34-31(30)33)21(4)19-35-26-14-12-20(3)13-15-26/h1,7-17,21,28,32H,6,18-19H2,2-4H3. The summed E-state index contributed by atoms with van der Waals surface area (Å²) < 4.78 is 5.87. The maximum atomic E-state index is 13.2. The number of thioether (sulfide) groups is 1. The SMILES string of the molecule is C#Cc1cc(-c2ccccc2)cc(CC)c1C1=C(O)CC(C(C)CSc2ccc(C)cc2)OC1=O. The monoisotopic (exact) mass is 482 g/mol. The van der Waals surface area contributed by atoms with Crippen molar-refractivity contribution in [3.63, 3.8) is 0 Å². The first-order valence-electron chi connectivity index (χ1n) is 11.9. The van der Waals surface area contributed by atoms with Gasteiger partial charge in [-0.2, -0.15) is 0 Å². The summed E-state index contributed by atoms with van der Waals surface area (Å²) in [7, 11) is 0. The van der Waals surface area contributed by atoms with Crippen molar-refractivity contribution in [1.29, 1.82) is 0 Å². The maximum absolute atomic E-state index is 13.2. The number of rotatable bonds is 7. The summed E-state index contributed by atoms with van der Waals surface area (Å²) in [6.07, 6.45) is 6.46. The van der Waals surface area contributed by atoms with Crippen LogP contribution in [0.15, 0.2) is 77.4 Å². The van der Waals surface area contributed by atoms with Crippen LogP contribution in [-0.4, -0.2) is 22.9 Å². The van der Waals surface area contributed by atoms with Crippen LogP contribution in [0.2, 0.25) is 0 Å². The van der Waals surface area contributed by atoms with E-state index in [1.807, 2.05) is 49.4 Å². The molecule has 3 aromatic carbocycles. The molecule has 0 aliphatic carbocycles. The molecule has 2 atom stereocenters. The molecule has 0 fully saturated rings. The van der Waals surface area contributed by atoms with Crippen molar-refractivity contribution < 1.29 is 14.6 Å². The Bertz CT molecular complexity index is 1280. The van der Waals surface area contributed by atoms with Crippen LogP contribution in [0.5, 0.6) is 0 Å². The normalized spacial score (nSPS) is 16.5. The molecule has 1 heterocycles. The molecule has 3 nitrogen and oxygen atoms in total. The summed E-state index contributed by atoms with van der Waals surface area (Å²) in [5.74, 6) is 3.14. The van der Waals surface area contributed by atoms with Crippen LogP contribution < -0.4 is 0 Å². The maximum Gasteiger partial charge on any atom is 0.342 e. The molecule has 0 saturated heterocycles. The van der Waals surface area contributed by atoms with Crippen molar-refractivity contribution in [2.45, 2.75) is 44.6 Å². The Hall–Kier alpha value is -3.42. The molecule has 35 heavy (non-hydrogen) atoms. The van der Waals surface area contributed by atoms with E-state index in [1.54, 1.807) is 11.8 Å². The van der Waals surface area contributed by atoms with Gasteiger partial charge in [0, 0.05) is 34.1 Å². The lowest BCUT2D eigenvalue weighted by Crippen LogP contribution is -2.32. The van der Waals surface area contributed by atoms with Crippen molar-refractivity contribution in [3.8, 4) is 23.5 Å². The predicted octanol–water partition coefficient (Wildman–Crippen LogP) is 7.22. The van der Waals surface area contributed by atoms with E-state index in [1.165, 1.54) is 10.5 Å². The van der Waals surface area contributed by atoms with E-state index < -0.39 is 5.97 Å². The molecular weight excluding hydrogens is 452 g/mol. The number of benzene rings is 3. The molecule has 1 aliphatic rings. The topological polar surface area (TPSA) is 46.5 Å². The Kier molecular flexibility index (Phi) is 7.68. The third-order valence-corrected chi connectivity index (χ3v) is 7.73. The highest BCUT2D eigenvalue weighted by Gasteiger charge is 2.35. The van der Waals surface area contributed by atoms with E-state index in [0.29, 0.717) is 17.5 Å². The zero-order chi connectivity index (χ0) is 24.9. The van der Waals surface area contributed by atoms with Gasteiger partial charge in [-0.15, -0.1) is 18.2 Å². The molecule has 0 radical (unpaired) electrons. The second-order valence-electron chi connectivity index (χ2n) is 8.99. The fourth-order valence-corrected chi connectivity index (χ4v) is 5.37. The van der Waals surface area contributed by atoms with E-state index in [2.05, 4.69) is 44.0 Å². The molecular formula is C31H30O3S. The van der Waals surface area contributed by atoms with Crippen LogP contribution in [0.1, 0.15) is 42.5 Å². The Balaban J connectivity index is 1.60. The average Bonchev–Trinajstić information content (AvgIpc) is 2.88. The van der Waals surface area contributed by atoms with Gasteiger partial charge in [-0.1, -0.05) is 73.9 Å². The number of aliphatic hydroxyl groups excluding tert-OH is 1. The highest BCUT2D eigenvalue weighted by molar-refractivity contribution is 7.99.